The summed E-state index contributed by atoms with van der Waals surface area (Å²) in [5.74, 6) is 0.0355. The molecule has 1 aliphatic heterocycles. The molecular formula is C16H14N2O2S2. The van der Waals surface area contributed by atoms with Crippen molar-refractivity contribution < 1.29 is 9.90 Å². The molecule has 2 aromatic rings. The van der Waals surface area contributed by atoms with Crippen LogP contribution in [0.1, 0.15) is 10.4 Å². The number of thiophene rings is 1. The third-order valence-corrected chi connectivity index (χ3v) is 5.05. The van der Waals surface area contributed by atoms with E-state index in [0.29, 0.717) is 15.8 Å². The molecule has 6 heteroatoms. The van der Waals surface area contributed by atoms with Gasteiger partial charge >= 0.3 is 0 Å². The van der Waals surface area contributed by atoms with Crippen molar-refractivity contribution in [1.29, 1.82) is 0 Å². The summed E-state index contributed by atoms with van der Waals surface area (Å²) in [7, 11) is 1.69. The number of benzene rings is 1. The number of thioether (sulfide) groups is 1. The van der Waals surface area contributed by atoms with Gasteiger partial charge in [0.1, 0.15) is 11.4 Å². The van der Waals surface area contributed by atoms with Gasteiger partial charge in [-0.25, -0.2) is 4.99 Å². The van der Waals surface area contributed by atoms with Crippen LogP contribution in [0.2, 0.25) is 0 Å². The predicted molar refractivity (Wildman–Crippen MR) is 92.6 cm³/mol. The standard InChI is InChI=1S/C16H14N2O2S2/c1-10-5-6-12(13(19)8-10)17-16-18(2)15(20)14(22-16)9-11-4-3-7-21-11/h3-9,19H,1-2H3/b14-9-,17-16?. The molecule has 1 fully saturated rings. The fourth-order valence-electron chi connectivity index (χ4n) is 1.99. The highest BCUT2D eigenvalue weighted by Crippen LogP contribution is 2.35. The minimum atomic E-state index is -0.0799. The Morgan fingerprint density at radius 1 is 1.32 bits per heavy atom. The molecule has 0 bridgehead atoms. The smallest absolute Gasteiger partial charge is 0.266 e. The number of likely N-dealkylation sites (N-methyl/N-ethyl adjacent to an activating group) is 1. The van der Waals surface area contributed by atoms with E-state index in [1.807, 2.05) is 36.6 Å². The molecule has 0 atom stereocenters. The maximum atomic E-state index is 12.3. The van der Waals surface area contributed by atoms with Crippen LogP contribution in [0.3, 0.4) is 0 Å². The summed E-state index contributed by atoms with van der Waals surface area (Å²) in [6.45, 7) is 1.90. The van der Waals surface area contributed by atoms with Gasteiger partial charge in [-0.05, 0) is 53.9 Å². The van der Waals surface area contributed by atoms with Gasteiger partial charge in [-0.1, -0.05) is 12.1 Å². The summed E-state index contributed by atoms with van der Waals surface area (Å²) in [5.41, 5.74) is 1.42. The lowest BCUT2D eigenvalue weighted by Gasteiger charge is -2.08. The SMILES string of the molecule is Cc1ccc(N=C2S/C(=C\c3cccs3)C(=O)N2C)c(O)c1. The highest BCUT2D eigenvalue weighted by atomic mass is 32.2. The number of amidine groups is 1. The molecule has 1 saturated heterocycles. The average molecular weight is 330 g/mol. The minimum absolute atomic E-state index is 0.0799. The average Bonchev–Trinajstić information content (AvgIpc) is 3.07. The lowest BCUT2D eigenvalue weighted by atomic mass is 10.2. The number of rotatable bonds is 2. The van der Waals surface area contributed by atoms with Crippen molar-refractivity contribution in [2.75, 3.05) is 7.05 Å². The Kier molecular flexibility index (Phi) is 4.04. The Morgan fingerprint density at radius 2 is 2.14 bits per heavy atom. The van der Waals surface area contributed by atoms with E-state index in [1.165, 1.54) is 16.7 Å². The summed E-state index contributed by atoms with van der Waals surface area (Å²) >= 11 is 2.90. The van der Waals surface area contributed by atoms with Crippen molar-refractivity contribution in [3.8, 4) is 5.75 Å². The number of aromatic hydroxyl groups is 1. The Bertz CT molecular complexity index is 779. The van der Waals surface area contributed by atoms with E-state index in [9.17, 15) is 9.90 Å². The van der Waals surface area contributed by atoms with Crippen LogP contribution in [0.15, 0.2) is 45.6 Å². The van der Waals surface area contributed by atoms with E-state index >= 15 is 0 Å². The molecule has 1 N–H and O–H groups in total. The molecule has 1 aromatic heterocycles. The number of aryl methyl sites for hydroxylation is 1. The lowest BCUT2D eigenvalue weighted by molar-refractivity contribution is -0.121. The maximum absolute atomic E-state index is 12.3. The number of phenols is 1. The van der Waals surface area contributed by atoms with Gasteiger partial charge in [0, 0.05) is 11.9 Å². The summed E-state index contributed by atoms with van der Waals surface area (Å²) in [4.78, 5) is 19.8. The fraction of sp³-hybridized carbons (Fsp3) is 0.125. The normalized spacial score (nSPS) is 18.6. The van der Waals surface area contributed by atoms with Crippen LogP contribution in [0.5, 0.6) is 5.75 Å². The fourth-order valence-corrected chi connectivity index (χ4v) is 3.69. The van der Waals surface area contributed by atoms with Gasteiger partial charge in [0.25, 0.3) is 5.91 Å². The Labute approximate surface area is 136 Å². The van der Waals surface area contributed by atoms with Crippen LogP contribution in [-0.4, -0.2) is 28.1 Å². The Hall–Kier alpha value is -2.05. The Morgan fingerprint density at radius 3 is 2.82 bits per heavy atom. The quantitative estimate of drug-likeness (QED) is 0.847. The van der Waals surface area contributed by atoms with Crippen molar-refractivity contribution >= 4 is 45.9 Å². The van der Waals surface area contributed by atoms with Crippen LogP contribution < -0.4 is 0 Å². The topological polar surface area (TPSA) is 52.9 Å². The number of amides is 1. The minimum Gasteiger partial charge on any atom is -0.506 e. The van der Waals surface area contributed by atoms with E-state index in [0.717, 1.165) is 10.4 Å². The van der Waals surface area contributed by atoms with Gasteiger partial charge in [0.2, 0.25) is 0 Å². The molecule has 1 aromatic carbocycles. The van der Waals surface area contributed by atoms with Crippen LogP contribution in [0.25, 0.3) is 6.08 Å². The zero-order valence-electron chi connectivity index (χ0n) is 12.1. The molecule has 2 heterocycles. The maximum Gasteiger partial charge on any atom is 0.266 e. The highest BCUT2D eigenvalue weighted by molar-refractivity contribution is 8.18. The van der Waals surface area contributed by atoms with Gasteiger partial charge in [-0.2, -0.15) is 0 Å². The largest absolute Gasteiger partial charge is 0.506 e. The highest BCUT2D eigenvalue weighted by Gasteiger charge is 2.30. The summed E-state index contributed by atoms with van der Waals surface area (Å²) in [6.07, 6.45) is 1.87. The number of carbonyl (C=O) groups excluding carboxylic acids is 1. The molecule has 4 nitrogen and oxygen atoms in total. The van der Waals surface area contributed by atoms with E-state index in [2.05, 4.69) is 4.99 Å². The number of nitrogens with zero attached hydrogens (tertiary/aromatic N) is 2. The van der Waals surface area contributed by atoms with Crippen molar-refractivity contribution in [2.45, 2.75) is 6.92 Å². The molecule has 0 radical (unpaired) electrons. The molecule has 1 amide bonds. The van der Waals surface area contributed by atoms with Crippen molar-refractivity contribution in [2.24, 2.45) is 4.99 Å². The van der Waals surface area contributed by atoms with Crippen LogP contribution in [-0.2, 0) is 4.79 Å². The van der Waals surface area contributed by atoms with Crippen LogP contribution in [0, 0.1) is 6.92 Å². The molecule has 3 rings (SSSR count). The second kappa shape index (κ2) is 5.98. The molecule has 112 valence electrons. The van der Waals surface area contributed by atoms with Crippen molar-refractivity contribution in [3.05, 3.63) is 51.1 Å². The third kappa shape index (κ3) is 2.93. The van der Waals surface area contributed by atoms with Gasteiger partial charge < -0.3 is 5.11 Å². The zero-order valence-corrected chi connectivity index (χ0v) is 13.7. The molecule has 22 heavy (non-hydrogen) atoms. The molecule has 0 aliphatic carbocycles. The second-order valence-corrected chi connectivity index (χ2v) is 6.87. The lowest BCUT2D eigenvalue weighted by Crippen LogP contribution is -2.23. The van der Waals surface area contributed by atoms with E-state index in [-0.39, 0.29) is 11.7 Å². The molecule has 1 aliphatic rings. The van der Waals surface area contributed by atoms with Crippen molar-refractivity contribution in [1.82, 2.24) is 4.90 Å². The second-order valence-electron chi connectivity index (χ2n) is 4.88. The summed E-state index contributed by atoms with van der Waals surface area (Å²) in [6, 6.07) is 9.19. The van der Waals surface area contributed by atoms with Crippen LogP contribution in [0.4, 0.5) is 5.69 Å². The number of phenolic OH excluding ortho intramolecular Hbond substituents is 1. The first-order chi connectivity index (χ1) is 10.5. The molecule has 0 spiro atoms. The monoisotopic (exact) mass is 330 g/mol. The van der Waals surface area contributed by atoms with E-state index in [1.54, 1.807) is 30.5 Å². The Balaban J connectivity index is 1.92. The van der Waals surface area contributed by atoms with E-state index in [4.69, 9.17) is 0 Å². The van der Waals surface area contributed by atoms with Gasteiger partial charge in [0.15, 0.2) is 5.17 Å². The number of hydrogen-bond acceptors (Lipinski definition) is 5. The summed E-state index contributed by atoms with van der Waals surface area (Å²) < 4.78 is 0. The number of hydrogen-bond donors (Lipinski definition) is 1. The molecule has 0 unspecified atom stereocenters. The van der Waals surface area contributed by atoms with Gasteiger partial charge in [-0.15, -0.1) is 11.3 Å². The first-order valence-corrected chi connectivity index (χ1v) is 8.33. The zero-order chi connectivity index (χ0) is 15.7. The van der Waals surface area contributed by atoms with Crippen molar-refractivity contribution in [3.63, 3.8) is 0 Å². The third-order valence-electron chi connectivity index (χ3n) is 3.17. The molecule has 0 saturated carbocycles. The van der Waals surface area contributed by atoms with Crippen LogP contribution >= 0.6 is 23.1 Å². The first-order valence-electron chi connectivity index (χ1n) is 6.64. The van der Waals surface area contributed by atoms with Gasteiger partial charge in [0.05, 0.1) is 4.91 Å². The van der Waals surface area contributed by atoms with Gasteiger partial charge in [-0.3, -0.25) is 9.69 Å². The number of aliphatic imine (C=N–C) groups is 1. The first kappa shape index (κ1) is 14.9. The van der Waals surface area contributed by atoms with E-state index < -0.39 is 0 Å². The number of carbonyl (C=O) groups is 1. The molecular weight excluding hydrogens is 316 g/mol. The summed E-state index contributed by atoms with van der Waals surface area (Å²) in [5, 5.41) is 12.5. The predicted octanol–water partition coefficient (Wildman–Crippen LogP) is 4.00.